The van der Waals surface area contributed by atoms with Crippen LogP contribution in [0, 0.1) is 0 Å². The molecule has 1 heterocycles. The van der Waals surface area contributed by atoms with Crippen LogP contribution in [0.3, 0.4) is 0 Å². The Balaban J connectivity index is 2.37. The lowest BCUT2D eigenvalue weighted by Gasteiger charge is -2.20. The van der Waals surface area contributed by atoms with Gasteiger partial charge in [-0.2, -0.15) is 0 Å². The smallest absolute Gasteiger partial charge is 0.408 e. The second kappa shape index (κ2) is 3.86. The van der Waals surface area contributed by atoms with Crippen molar-refractivity contribution in [3.05, 3.63) is 0 Å². The number of hydrogen-bond acceptors (Lipinski definition) is 3. The molecule has 5 nitrogen and oxygen atoms in total. The Bertz CT molecular complexity index is 245. The van der Waals surface area contributed by atoms with Gasteiger partial charge in [-0.25, -0.2) is 4.79 Å². The van der Waals surface area contributed by atoms with Crippen molar-refractivity contribution in [3.8, 4) is 0 Å². The largest absolute Gasteiger partial charge is 0.444 e. The van der Waals surface area contributed by atoms with Crippen LogP contribution in [0.2, 0.25) is 0 Å². The first kappa shape index (κ1) is 10.8. The Morgan fingerprint density at radius 1 is 1.57 bits per heavy atom. The first-order chi connectivity index (χ1) is 6.38. The summed E-state index contributed by atoms with van der Waals surface area (Å²) in [5.41, 5.74) is -0.529. The zero-order chi connectivity index (χ0) is 10.8. The molecule has 0 aromatic rings. The topological polar surface area (TPSA) is 67.4 Å². The number of alkyl carbamates (subject to hydrolysis) is 1. The third kappa shape index (κ3) is 3.24. The van der Waals surface area contributed by atoms with Gasteiger partial charge in [0.2, 0.25) is 5.91 Å². The fourth-order valence-corrected chi connectivity index (χ4v) is 1.18. The van der Waals surface area contributed by atoms with E-state index < -0.39 is 17.7 Å². The SMILES string of the molecule is CC(C)(C)OC(=O)N[C@H]1CCNC1=O. The van der Waals surface area contributed by atoms with Crippen LogP contribution in [0.4, 0.5) is 4.79 Å². The molecule has 1 atom stereocenters. The Hall–Kier alpha value is -1.26. The van der Waals surface area contributed by atoms with Crippen molar-refractivity contribution in [2.75, 3.05) is 6.54 Å². The van der Waals surface area contributed by atoms with Gasteiger partial charge in [0.15, 0.2) is 0 Å². The number of carbonyl (C=O) groups is 2. The van der Waals surface area contributed by atoms with E-state index in [4.69, 9.17) is 4.74 Å². The molecule has 5 heteroatoms. The number of hydrogen-bond donors (Lipinski definition) is 2. The molecule has 0 spiro atoms. The first-order valence-electron chi connectivity index (χ1n) is 4.66. The van der Waals surface area contributed by atoms with Crippen molar-refractivity contribution >= 4 is 12.0 Å². The van der Waals surface area contributed by atoms with Gasteiger partial charge in [-0.15, -0.1) is 0 Å². The summed E-state index contributed by atoms with van der Waals surface area (Å²) in [4.78, 5) is 22.3. The van der Waals surface area contributed by atoms with E-state index in [0.29, 0.717) is 13.0 Å². The number of rotatable bonds is 1. The van der Waals surface area contributed by atoms with Crippen molar-refractivity contribution < 1.29 is 14.3 Å². The third-order valence-corrected chi connectivity index (χ3v) is 1.74. The van der Waals surface area contributed by atoms with Crippen molar-refractivity contribution in [3.63, 3.8) is 0 Å². The monoisotopic (exact) mass is 200 g/mol. The van der Waals surface area contributed by atoms with Gasteiger partial charge in [0, 0.05) is 6.54 Å². The van der Waals surface area contributed by atoms with Gasteiger partial charge in [0.1, 0.15) is 11.6 Å². The molecule has 2 amide bonds. The average Bonchev–Trinajstić information content (AvgIpc) is 2.32. The Kier molecular flexibility index (Phi) is 2.98. The zero-order valence-electron chi connectivity index (χ0n) is 8.72. The van der Waals surface area contributed by atoms with Crippen molar-refractivity contribution in [1.29, 1.82) is 0 Å². The molecule has 0 unspecified atom stereocenters. The molecule has 1 fully saturated rings. The normalized spacial score (nSPS) is 21.6. The Morgan fingerprint density at radius 2 is 2.21 bits per heavy atom. The molecule has 0 saturated carbocycles. The van der Waals surface area contributed by atoms with Crippen molar-refractivity contribution in [2.24, 2.45) is 0 Å². The molecule has 0 aromatic heterocycles. The van der Waals surface area contributed by atoms with Crippen LogP contribution < -0.4 is 10.6 Å². The summed E-state index contributed by atoms with van der Waals surface area (Å²) >= 11 is 0. The molecule has 14 heavy (non-hydrogen) atoms. The maximum absolute atomic E-state index is 11.2. The van der Waals surface area contributed by atoms with E-state index in [0.717, 1.165) is 0 Å². The van der Waals surface area contributed by atoms with Crippen LogP contribution in [-0.2, 0) is 9.53 Å². The maximum atomic E-state index is 11.2. The minimum atomic E-state index is -0.542. The summed E-state index contributed by atoms with van der Waals surface area (Å²) in [5, 5.41) is 5.14. The van der Waals surface area contributed by atoms with E-state index in [1.54, 1.807) is 20.8 Å². The molecule has 1 rings (SSSR count). The van der Waals surface area contributed by atoms with Crippen LogP contribution in [0.25, 0.3) is 0 Å². The summed E-state index contributed by atoms with van der Waals surface area (Å²) < 4.78 is 5.02. The van der Waals surface area contributed by atoms with Gasteiger partial charge in [-0.3, -0.25) is 4.79 Å². The highest BCUT2D eigenvalue weighted by Crippen LogP contribution is 2.08. The minimum Gasteiger partial charge on any atom is -0.444 e. The predicted octanol–water partition coefficient (Wildman–Crippen LogP) is 0.400. The lowest BCUT2D eigenvalue weighted by molar-refractivity contribution is -0.120. The second-order valence-electron chi connectivity index (χ2n) is 4.28. The first-order valence-corrected chi connectivity index (χ1v) is 4.66. The van der Waals surface area contributed by atoms with Gasteiger partial charge in [-0.05, 0) is 27.2 Å². The molecular formula is C9H16N2O3. The number of amides is 2. The zero-order valence-corrected chi connectivity index (χ0v) is 8.72. The summed E-state index contributed by atoms with van der Waals surface area (Å²) in [7, 11) is 0. The molecule has 0 radical (unpaired) electrons. The van der Waals surface area contributed by atoms with E-state index in [1.807, 2.05) is 0 Å². The average molecular weight is 200 g/mol. The van der Waals surface area contributed by atoms with Crippen LogP contribution >= 0.6 is 0 Å². The second-order valence-corrected chi connectivity index (χ2v) is 4.28. The summed E-state index contributed by atoms with van der Waals surface area (Å²) in [5.74, 6) is -0.143. The highest BCUT2D eigenvalue weighted by molar-refractivity contribution is 5.87. The van der Waals surface area contributed by atoms with Crippen LogP contribution in [0.15, 0.2) is 0 Å². The third-order valence-electron chi connectivity index (χ3n) is 1.74. The fraction of sp³-hybridized carbons (Fsp3) is 0.778. The molecule has 0 aromatic carbocycles. The summed E-state index contributed by atoms with van der Waals surface area (Å²) in [6.07, 6.45) is 0.0810. The van der Waals surface area contributed by atoms with Gasteiger partial charge in [0.05, 0.1) is 0 Å². The standard InChI is InChI=1S/C9H16N2O3/c1-9(2,3)14-8(13)11-6-4-5-10-7(6)12/h6H,4-5H2,1-3H3,(H,10,12)(H,11,13)/t6-/m0/s1. The fourth-order valence-electron chi connectivity index (χ4n) is 1.18. The minimum absolute atomic E-state index is 0.143. The number of nitrogens with one attached hydrogen (secondary N) is 2. The van der Waals surface area contributed by atoms with Crippen LogP contribution in [0.1, 0.15) is 27.2 Å². The van der Waals surface area contributed by atoms with E-state index in [2.05, 4.69) is 10.6 Å². The van der Waals surface area contributed by atoms with E-state index in [-0.39, 0.29) is 5.91 Å². The lowest BCUT2D eigenvalue weighted by Crippen LogP contribution is -2.42. The molecule has 0 bridgehead atoms. The van der Waals surface area contributed by atoms with Gasteiger partial charge >= 0.3 is 6.09 Å². The Labute approximate surface area is 83.2 Å². The van der Waals surface area contributed by atoms with E-state index >= 15 is 0 Å². The molecule has 1 saturated heterocycles. The van der Waals surface area contributed by atoms with Crippen molar-refractivity contribution in [2.45, 2.75) is 38.8 Å². The molecule has 0 aliphatic carbocycles. The van der Waals surface area contributed by atoms with E-state index in [1.165, 1.54) is 0 Å². The van der Waals surface area contributed by atoms with Crippen molar-refractivity contribution in [1.82, 2.24) is 10.6 Å². The van der Waals surface area contributed by atoms with Crippen LogP contribution in [-0.4, -0.2) is 30.2 Å². The predicted molar refractivity (Wildman–Crippen MR) is 50.8 cm³/mol. The van der Waals surface area contributed by atoms with Gasteiger partial charge < -0.3 is 15.4 Å². The highest BCUT2D eigenvalue weighted by atomic mass is 16.6. The summed E-state index contributed by atoms with van der Waals surface area (Å²) in [6, 6.07) is -0.440. The molecule has 2 N–H and O–H groups in total. The van der Waals surface area contributed by atoms with E-state index in [9.17, 15) is 9.59 Å². The molecule has 1 aliphatic heterocycles. The van der Waals surface area contributed by atoms with Gasteiger partial charge in [-0.1, -0.05) is 0 Å². The lowest BCUT2D eigenvalue weighted by atomic mass is 10.2. The quantitative estimate of drug-likeness (QED) is 0.643. The number of carbonyl (C=O) groups excluding carboxylic acids is 2. The molecule has 80 valence electrons. The maximum Gasteiger partial charge on any atom is 0.408 e. The highest BCUT2D eigenvalue weighted by Gasteiger charge is 2.27. The van der Waals surface area contributed by atoms with Crippen LogP contribution in [0.5, 0.6) is 0 Å². The molecule has 1 aliphatic rings. The summed E-state index contributed by atoms with van der Waals surface area (Å²) in [6.45, 7) is 5.95. The van der Waals surface area contributed by atoms with Gasteiger partial charge in [0.25, 0.3) is 0 Å². The number of ether oxygens (including phenoxy) is 1. The molecular weight excluding hydrogens is 184 g/mol. The Morgan fingerprint density at radius 3 is 2.64 bits per heavy atom.